The third-order valence-electron chi connectivity index (χ3n) is 9.33. The van der Waals surface area contributed by atoms with Crippen molar-refractivity contribution in [2.45, 2.75) is 6.04 Å². The van der Waals surface area contributed by atoms with Crippen LogP contribution in [0.1, 0.15) is 0 Å². The number of aliphatic imine (C=N–C) groups is 1. The van der Waals surface area contributed by atoms with Gasteiger partial charge in [-0.3, -0.25) is 4.40 Å². The van der Waals surface area contributed by atoms with Crippen LogP contribution >= 0.6 is 22.7 Å². The van der Waals surface area contributed by atoms with E-state index in [9.17, 15) is 0 Å². The summed E-state index contributed by atoms with van der Waals surface area (Å²) in [6.45, 7) is 0. The van der Waals surface area contributed by atoms with Gasteiger partial charge in [-0.25, -0.2) is 4.99 Å². The van der Waals surface area contributed by atoms with Crippen LogP contribution in [-0.4, -0.2) is 16.2 Å². The van der Waals surface area contributed by atoms with Gasteiger partial charge in [0.1, 0.15) is 0 Å². The Bertz CT molecular complexity index is 2770. The summed E-state index contributed by atoms with van der Waals surface area (Å²) in [4.78, 5) is 5.27. The zero-order valence-electron chi connectivity index (χ0n) is 22.8. The Kier molecular flexibility index (Phi) is 4.15. The number of aromatic nitrogens is 1. The number of benzene rings is 5. The SMILES string of the molecule is C1=CC2=Nc3c(c4cc5c6ccccc6sc5c5c6cc(-c7cccc8c7sc7ccccc78)ccc6n3c45)NC2C=C1. The van der Waals surface area contributed by atoms with E-state index in [0.29, 0.717) is 0 Å². The number of nitrogens with zero attached hydrogens (tertiary/aromatic N) is 2. The molecule has 11 rings (SSSR count). The Morgan fingerprint density at radius 2 is 1.47 bits per heavy atom. The van der Waals surface area contributed by atoms with Gasteiger partial charge in [-0.05, 0) is 47.5 Å². The number of thiophene rings is 2. The molecule has 1 aliphatic carbocycles. The molecule has 0 saturated heterocycles. The number of fused-ring (bicyclic) bond motifs is 14. The summed E-state index contributed by atoms with van der Waals surface area (Å²) in [6.07, 6.45) is 8.52. The van der Waals surface area contributed by atoms with Crippen molar-refractivity contribution in [3.8, 4) is 11.1 Å². The van der Waals surface area contributed by atoms with Crippen molar-refractivity contribution in [2.75, 3.05) is 5.32 Å². The van der Waals surface area contributed by atoms with E-state index in [1.54, 1.807) is 0 Å². The van der Waals surface area contributed by atoms with Crippen LogP contribution in [0.3, 0.4) is 0 Å². The summed E-state index contributed by atoms with van der Waals surface area (Å²) in [5, 5.41) is 13.0. The van der Waals surface area contributed by atoms with Crippen molar-refractivity contribution in [1.29, 1.82) is 0 Å². The Morgan fingerprint density at radius 3 is 2.35 bits per heavy atom. The molecule has 1 N–H and O–H groups in total. The van der Waals surface area contributed by atoms with Gasteiger partial charge >= 0.3 is 0 Å². The standard InChI is InChI=1S/C38H21N3S2/c1-5-14-31-22(8-1)24-11-7-10-21(36(24)42-31)20-16-17-30-26(18-20)33-35-27(19-25-23-9-2-6-15-32(23)43-37(25)33)34-38(41(30)35)40-29-13-4-3-12-28(29)39-34/h1-19,28,39H. The van der Waals surface area contributed by atoms with Crippen LogP contribution in [0.25, 0.3) is 78.7 Å². The minimum atomic E-state index is 0.0954. The highest BCUT2D eigenvalue weighted by Crippen LogP contribution is 2.52. The van der Waals surface area contributed by atoms with Gasteiger partial charge in [0.15, 0.2) is 5.82 Å². The van der Waals surface area contributed by atoms with Gasteiger partial charge < -0.3 is 5.32 Å². The molecule has 9 aromatic rings. The third-order valence-corrected chi connectivity index (χ3v) is 11.8. The highest BCUT2D eigenvalue weighted by atomic mass is 32.1. The average molecular weight is 584 g/mol. The molecule has 0 radical (unpaired) electrons. The summed E-state index contributed by atoms with van der Waals surface area (Å²) in [5.74, 6) is 1.00. The zero-order valence-corrected chi connectivity index (χ0v) is 24.4. The lowest BCUT2D eigenvalue weighted by atomic mass is 9.99. The Morgan fingerprint density at radius 1 is 0.674 bits per heavy atom. The largest absolute Gasteiger partial charge is 0.370 e. The van der Waals surface area contributed by atoms with E-state index >= 15 is 0 Å². The van der Waals surface area contributed by atoms with E-state index in [-0.39, 0.29) is 6.04 Å². The first kappa shape index (κ1) is 22.6. The minimum absolute atomic E-state index is 0.0954. The average Bonchev–Trinajstić information content (AvgIpc) is 3.79. The molecule has 4 aromatic heterocycles. The lowest BCUT2D eigenvalue weighted by Crippen LogP contribution is -2.29. The zero-order chi connectivity index (χ0) is 27.8. The van der Waals surface area contributed by atoms with Crippen LogP contribution in [0.4, 0.5) is 11.5 Å². The van der Waals surface area contributed by atoms with Crippen LogP contribution in [0.5, 0.6) is 0 Å². The topological polar surface area (TPSA) is 28.8 Å². The fourth-order valence-corrected chi connectivity index (χ4v) is 9.93. The molecular weight excluding hydrogens is 563 g/mol. The van der Waals surface area contributed by atoms with Crippen molar-refractivity contribution < 1.29 is 0 Å². The normalized spacial score (nSPS) is 16.3. The summed E-state index contributed by atoms with van der Waals surface area (Å²) in [7, 11) is 0. The first-order valence-electron chi connectivity index (χ1n) is 14.6. The number of anilines is 1. The number of allylic oxidation sites excluding steroid dienone is 2. The molecule has 1 atom stereocenters. The molecule has 5 heterocycles. The highest BCUT2D eigenvalue weighted by molar-refractivity contribution is 7.27. The van der Waals surface area contributed by atoms with E-state index in [1.807, 2.05) is 22.7 Å². The lowest BCUT2D eigenvalue weighted by Gasteiger charge is -2.23. The van der Waals surface area contributed by atoms with E-state index in [2.05, 4.69) is 125 Å². The number of hydrogen-bond acceptors (Lipinski definition) is 4. The van der Waals surface area contributed by atoms with Crippen molar-refractivity contribution in [2.24, 2.45) is 4.99 Å². The first-order valence-corrected chi connectivity index (χ1v) is 16.2. The maximum atomic E-state index is 5.27. The number of nitrogens with one attached hydrogen (secondary N) is 1. The van der Waals surface area contributed by atoms with Crippen LogP contribution in [-0.2, 0) is 0 Å². The molecule has 0 saturated carbocycles. The Balaban J connectivity index is 1.29. The summed E-state index contributed by atoms with van der Waals surface area (Å²) >= 11 is 3.80. The molecule has 0 amide bonds. The van der Waals surface area contributed by atoms with E-state index < -0.39 is 0 Å². The molecule has 43 heavy (non-hydrogen) atoms. The van der Waals surface area contributed by atoms with Crippen LogP contribution in [0.15, 0.2) is 120 Å². The van der Waals surface area contributed by atoms with Crippen molar-refractivity contribution in [3.05, 3.63) is 115 Å². The van der Waals surface area contributed by atoms with Crippen LogP contribution in [0.2, 0.25) is 0 Å². The molecule has 1 aliphatic heterocycles. The van der Waals surface area contributed by atoms with Gasteiger partial charge in [0.2, 0.25) is 0 Å². The Labute approximate surface area is 253 Å². The van der Waals surface area contributed by atoms with Gasteiger partial charge in [0.25, 0.3) is 0 Å². The lowest BCUT2D eigenvalue weighted by molar-refractivity contribution is 1.11. The quantitative estimate of drug-likeness (QED) is 0.205. The molecule has 200 valence electrons. The summed E-state index contributed by atoms with van der Waals surface area (Å²) in [5.41, 5.74) is 7.21. The van der Waals surface area contributed by atoms with Crippen LogP contribution < -0.4 is 5.32 Å². The van der Waals surface area contributed by atoms with Crippen molar-refractivity contribution in [3.63, 3.8) is 0 Å². The second-order valence-corrected chi connectivity index (χ2v) is 13.7. The van der Waals surface area contributed by atoms with Gasteiger partial charge in [-0.1, -0.05) is 78.9 Å². The van der Waals surface area contributed by atoms with Crippen molar-refractivity contribution in [1.82, 2.24) is 4.40 Å². The first-order chi connectivity index (χ1) is 21.3. The molecular formula is C38H21N3S2. The third kappa shape index (κ3) is 2.82. The van der Waals surface area contributed by atoms with Gasteiger partial charge in [0, 0.05) is 56.5 Å². The van der Waals surface area contributed by atoms with E-state index in [0.717, 1.165) is 17.2 Å². The maximum Gasteiger partial charge on any atom is 0.162 e. The fourth-order valence-electron chi connectivity index (χ4n) is 7.45. The predicted molar refractivity (Wildman–Crippen MR) is 188 cm³/mol. The molecule has 5 aromatic carbocycles. The molecule has 0 bridgehead atoms. The molecule has 5 heteroatoms. The molecule has 0 spiro atoms. The maximum absolute atomic E-state index is 5.27. The second kappa shape index (κ2) is 7.90. The van der Waals surface area contributed by atoms with E-state index in [1.165, 1.54) is 78.7 Å². The fraction of sp³-hybridized carbons (Fsp3) is 0.0263. The molecule has 2 aliphatic rings. The van der Waals surface area contributed by atoms with Gasteiger partial charge in [-0.2, -0.15) is 0 Å². The molecule has 0 fully saturated rings. The smallest absolute Gasteiger partial charge is 0.162 e. The predicted octanol–water partition coefficient (Wildman–Crippen LogP) is 11.1. The highest BCUT2D eigenvalue weighted by Gasteiger charge is 2.30. The monoisotopic (exact) mass is 583 g/mol. The molecule has 3 nitrogen and oxygen atoms in total. The van der Waals surface area contributed by atoms with Crippen LogP contribution in [0, 0.1) is 0 Å². The summed E-state index contributed by atoms with van der Waals surface area (Å²) < 4.78 is 7.77. The summed E-state index contributed by atoms with van der Waals surface area (Å²) in [6, 6.07) is 33.9. The van der Waals surface area contributed by atoms with Gasteiger partial charge in [0.05, 0.1) is 28.5 Å². The van der Waals surface area contributed by atoms with Gasteiger partial charge in [-0.15, -0.1) is 22.7 Å². The second-order valence-electron chi connectivity index (χ2n) is 11.6. The Hall–Kier alpha value is -4.97. The van der Waals surface area contributed by atoms with E-state index in [4.69, 9.17) is 4.99 Å². The minimum Gasteiger partial charge on any atom is -0.370 e. The van der Waals surface area contributed by atoms with Crippen molar-refractivity contribution >= 4 is 107 Å². The molecule has 1 unspecified atom stereocenters. The number of hydrogen-bond donors (Lipinski definition) is 1. The number of rotatable bonds is 1.